The van der Waals surface area contributed by atoms with Crippen molar-refractivity contribution >= 4 is 5.69 Å². The summed E-state index contributed by atoms with van der Waals surface area (Å²) in [7, 11) is 4.07. The van der Waals surface area contributed by atoms with E-state index >= 15 is 0 Å². The Bertz CT molecular complexity index is 678. The number of rotatable bonds is 5. The van der Waals surface area contributed by atoms with Gasteiger partial charge < -0.3 is 10.6 Å². The van der Waals surface area contributed by atoms with Crippen LogP contribution >= 0.6 is 0 Å². The predicted molar refractivity (Wildman–Crippen MR) is 92.6 cm³/mol. The fourth-order valence-electron chi connectivity index (χ4n) is 3.37. The standard InChI is InChI=1S/C18H25N5/c1-22(2)14-5-6-17(20-10-14)16-11-23(15-7-12(8-15)9-19)21-18(16)13-3-4-13/h5-6,10-13,15H,3-4,7-9,19H2,1-2H3. The molecule has 2 fully saturated rings. The molecule has 0 spiro atoms. The Morgan fingerprint density at radius 2 is 2.04 bits per heavy atom. The summed E-state index contributed by atoms with van der Waals surface area (Å²) in [6.07, 6.45) is 9.00. The van der Waals surface area contributed by atoms with Crippen LogP contribution in [0.2, 0.25) is 0 Å². The van der Waals surface area contributed by atoms with E-state index in [0.29, 0.717) is 17.9 Å². The van der Waals surface area contributed by atoms with Crippen molar-refractivity contribution < 1.29 is 0 Å². The van der Waals surface area contributed by atoms with Crippen LogP contribution in [0.1, 0.15) is 43.3 Å². The minimum absolute atomic E-state index is 0.524. The molecule has 0 bridgehead atoms. The van der Waals surface area contributed by atoms with Crippen molar-refractivity contribution in [2.24, 2.45) is 11.7 Å². The zero-order chi connectivity index (χ0) is 16.0. The molecule has 0 aromatic carbocycles. The molecule has 2 aliphatic carbocycles. The molecule has 0 amide bonds. The van der Waals surface area contributed by atoms with E-state index in [1.165, 1.54) is 24.1 Å². The third-order valence-electron chi connectivity index (χ3n) is 5.18. The van der Waals surface area contributed by atoms with Crippen LogP contribution in [-0.4, -0.2) is 35.4 Å². The lowest BCUT2D eigenvalue weighted by Gasteiger charge is -2.34. The van der Waals surface area contributed by atoms with Crippen molar-refractivity contribution in [2.45, 2.75) is 37.6 Å². The number of hydrogen-bond acceptors (Lipinski definition) is 4. The SMILES string of the molecule is CN(C)c1ccc(-c2cn(C3CC(CN)C3)nc2C2CC2)nc1. The summed E-state index contributed by atoms with van der Waals surface area (Å²) in [5.74, 6) is 1.31. The van der Waals surface area contributed by atoms with E-state index in [1.807, 2.05) is 20.3 Å². The van der Waals surface area contributed by atoms with E-state index in [9.17, 15) is 0 Å². The monoisotopic (exact) mass is 311 g/mol. The highest BCUT2D eigenvalue weighted by molar-refractivity contribution is 5.64. The summed E-state index contributed by atoms with van der Waals surface area (Å²) >= 11 is 0. The third-order valence-corrected chi connectivity index (χ3v) is 5.18. The molecule has 2 N–H and O–H groups in total. The summed E-state index contributed by atoms with van der Waals surface area (Å²) in [4.78, 5) is 6.75. The van der Waals surface area contributed by atoms with E-state index in [1.54, 1.807) is 0 Å². The fourth-order valence-corrected chi connectivity index (χ4v) is 3.37. The zero-order valence-electron chi connectivity index (χ0n) is 13.9. The van der Waals surface area contributed by atoms with Gasteiger partial charge in [-0.25, -0.2) is 0 Å². The summed E-state index contributed by atoms with van der Waals surface area (Å²) in [5.41, 5.74) is 10.4. The lowest BCUT2D eigenvalue weighted by molar-refractivity contribution is 0.189. The molecule has 2 heterocycles. The normalized spacial score (nSPS) is 23.6. The van der Waals surface area contributed by atoms with E-state index in [2.05, 4.69) is 32.9 Å². The minimum atomic E-state index is 0.524. The molecule has 5 heteroatoms. The van der Waals surface area contributed by atoms with Crippen molar-refractivity contribution in [1.29, 1.82) is 0 Å². The Morgan fingerprint density at radius 3 is 2.61 bits per heavy atom. The van der Waals surface area contributed by atoms with Crippen molar-refractivity contribution in [3.63, 3.8) is 0 Å². The molecule has 0 unspecified atom stereocenters. The van der Waals surface area contributed by atoms with Gasteiger partial charge in [0.25, 0.3) is 0 Å². The summed E-state index contributed by atoms with van der Waals surface area (Å²) < 4.78 is 2.18. The average Bonchev–Trinajstić information content (AvgIpc) is 3.27. The van der Waals surface area contributed by atoms with Gasteiger partial charge in [0.05, 0.1) is 29.3 Å². The molecule has 122 valence electrons. The van der Waals surface area contributed by atoms with Crippen LogP contribution in [-0.2, 0) is 0 Å². The second-order valence-electron chi connectivity index (χ2n) is 7.21. The number of anilines is 1. The number of nitrogens with zero attached hydrogens (tertiary/aromatic N) is 4. The maximum atomic E-state index is 5.75. The molecule has 2 aliphatic rings. The largest absolute Gasteiger partial charge is 0.376 e. The van der Waals surface area contributed by atoms with Gasteiger partial charge in [-0.05, 0) is 50.3 Å². The maximum absolute atomic E-state index is 5.75. The molecule has 23 heavy (non-hydrogen) atoms. The van der Waals surface area contributed by atoms with Gasteiger partial charge in [-0.1, -0.05) is 0 Å². The van der Waals surface area contributed by atoms with Crippen LogP contribution in [0, 0.1) is 5.92 Å². The number of hydrogen-bond donors (Lipinski definition) is 1. The highest BCUT2D eigenvalue weighted by Crippen LogP contribution is 2.45. The molecular weight excluding hydrogens is 286 g/mol. The van der Waals surface area contributed by atoms with E-state index in [-0.39, 0.29) is 0 Å². The highest BCUT2D eigenvalue weighted by Gasteiger charge is 2.34. The van der Waals surface area contributed by atoms with Gasteiger partial charge in [0.15, 0.2) is 0 Å². The summed E-state index contributed by atoms with van der Waals surface area (Å²) in [6.45, 7) is 0.799. The predicted octanol–water partition coefficient (Wildman–Crippen LogP) is 2.80. The Kier molecular flexibility index (Phi) is 3.60. The van der Waals surface area contributed by atoms with Gasteiger partial charge in [0.2, 0.25) is 0 Å². The lowest BCUT2D eigenvalue weighted by atomic mass is 9.80. The van der Waals surface area contributed by atoms with Crippen molar-refractivity contribution in [3.05, 3.63) is 30.2 Å². The van der Waals surface area contributed by atoms with Gasteiger partial charge in [-0.15, -0.1) is 0 Å². The second kappa shape index (κ2) is 5.64. The first-order valence-corrected chi connectivity index (χ1v) is 8.58. The zero-order valence-corrected chi connectivity index (χ0v) is 13.9. The number of aromatic nitrogens is 3. The van der Waals surface area contributed by atoms with Crippen LogP contribution in [0.25, 0.3) is 11.3 Å². The van der Waals surface area contributed by atoms with Gasteiger partial charge in [-0.2, -0.15) is 5.10 Å². The molecule has 2 aromatic heterocycles. The summed E-state index contributed by atoms with van der Waals surface area (Å²) in [6, 6.07) is 4.77. The van der Waals surface area contributed by atoms with Crippen LogP contribution < -0.4 is 10.6 Å². The summed E-state index contributed by atoms with van der Waals surface area (Å²) in [5, 5.41) is 4.92. The Labute approximate surface area is 137 Å². The number of pyridine rings is 1. The average molecular weight is 311 g/mol. The number of nitrogens with two attached hydrogens (primary N) is 1. The molecular formula is C18H25N5. The van der Waals surface area contributed by atoms with Gasteiger partial charge in [0, 0.05) is 31.8 Å². The first-order chi connectivity index (χ1) is 11.2. The fraction of sp³-hybridized carbons (Fsp3) is 0.556. The van der Waals surface area contributed by atoms with Gasteiger partial charge in [0.1, 0.15) is 0 Å². The topological polar surface area (TPSA) is 60.0 Å². The van der Waals surface area contributed by atoms with E-state index in [0.717, 1.165) is 30.8 Å². The van der Waals surface area contributed by atoms with Gasteiger partial charge >= 0.3 is 0 Å². The van der Waals surface area contributed by atoms with Crippen LogP contribution in [0.15, 0.2) is 24.5 Å². The molecule has 5 nitrogen and oxygen atoms in total. The van der Waals surface area contributed by atoms with Crippen molar-refractivity contribution in [3.8, 4) is 11.3 Å². The van der Waals surface area contributed by atoms with Gasteiger partial charge in [-0.3, -0.25) is 9.67 Å². The first-order valence-electron chi connectivity index (χ1n) is 8.58. The molecule has 2 saturated carbocycles. The Balaban J connectivity index is 1.63. The smallest absolute Gasteiger partial charge is 0.0749 e. The molecule has 2 aromatic rings. The highest BCUT2D eigenvalue weighted by atomic mass is 15.3. The molecule has 0 radical (unpaired) electrons. The van der Waals surface area contributed by atoms with Crippen LogP contribution in [0.3, 0.4) is 0 Å². The molecule has 4 rings (SSSR count). The van der Waals surface area contributed by atoms with E-state index < -0.39 is 0 Å². The molecule has 0 saturated heterocycles. The van der Waals surface area contributed by atoms with Crippen molar-refractivity contribution in [1.82, 2.24) is 14.8 Å². The lowest BCUT2D eigenvalue weighted by Crippen LogP contribution is -2.32. The van der Waals surface area contributed by atoms with Crippen LogP contribution in [0.4, 0.5) is 5.69 Å². The maximum Gasteiger partial charge on any atom is 0.0749 e. The Hall–Kier alpha value is -1.88. The van der Waals surface area contributed by atoms with E-state index in [4.69, 9.17) is 10.8 Å². The third kappa shape index (κ3) is 2.74. The Morgan fingerprint density at radius 1 is 1.26 bits per heavy atom. The molecule has 0 aliphatic heterocycles. The quantitative estimate of drug-likeness (QED) is 0.922. The first kappa shape index (κ1) is 14.7. The van der Waals surface area contributed by atoms with Crippen LogP contribution in [0.5, 0.6) is 0 Å². The minimum Gasteiger partial charge on any atom is -0.376 e. The van der Waals surface area contributed by atoms with Crippen molar-refractivity contribution in [2.75, 3.05) is 25.5 Å². The second-order valence-corrected chi connectivity index (χ2v) is 7.21. The molecule has 0 atom stereocenters.